The summed E-state index contributed by atoms with van der Waals surface area (Å²) in [6.45, 7) is 7.92. The Morgan fingerprint density at radius 1 is 1.27 bits per heavy atom. The fourth-order valence-electron chi connectivity index (χ4n) is 2.98. The van der Waals surface area contributed by atoms with Gasteiger partial charge >= 0.3 is 0 Å². The first-order chi connectivity index (χ1) is 10.3. The second-order valence-corrected chi connectivity index (χ2v) is 7.13. The normalized spacial score (nSPS) is 18.5. The van der Waals surface area contributed by atoms with Crippen LogP contribution >= 0.6 is 0 Å². The van der Waals surface area contributed by atoms with Crippen LogP contribution in [0.2, 0.25) is 0 Å². The zero-order valence-corrected chi connectivity index (χ0v) is 13.7. The number of nitriles is 1. The van der Waals surface area contributed by atoms with Crippen molar-refractivity contribution < 1.29 is 4.79 Å². The summed E-state index contributed by atoms with van der Waals surface area (Å²) in [6, 6.07) is 12.5. The molecule has 1 amide bonds. The van der Waals surface area contributed by atoms with Crippen LogP contribution in [-0.2, 0) is 10.2 Å². The highest BCUT2D eigenvalue weighted by molar-refractivity contribution is 5.78. The lowest BCUT2D eigenvalue weighted by atomic mass is 9.74. The fourth-order valence-corrected chi connectivity index (χ4v) is 2.98. The van der Waals surface area contributed by atoms with E-state index in [0.29, 0.717) is 6.54 Å². The molecule has 0 spiro atoms. The van der Waals surface area contributed by atoms with E-state index in [1.165, 1.54) is 0 Å². The summed E-state index contributed by atoms with van der Waals surface area (Å²) in [7, 11) is 0. The van der Waals surface area contributed by atoms with Crippen LogP contribution in [-0.4, -0.2) is 36.0 Å². The lowest BCUT2D eigenvalue weighted by Gasteiger charge is -2.37. The number of benzene rings is 1. The Balaban J connectivity index is 1.95. The minimum atomic E-state index is -0.405. The molecule has 1 aliphatic heterocycles. The minimum absolute atomic E-state index is 0.0525. The van der Waals surface area contributed by atoms with E-state index in [-0.39, 0.29) is 11.4 Å². The Morgan fingerprint density at radius 2 is 1.86 bits per heavy atom. The van der Waals surface area contributed by atoms with Gasteiger partial charge in [-0.2, -0.15) is 5.26 Å². The van der Waals surface area contributed by atoms with Crippen LogP contribution in [0.3, 0.4) is 0 Å². The first-order valence-corrected chi connectivity index (χ1v) is 7.85. The number of amides is 1. The molecule has 1 N–H and O–H groups in total. The van der Waals surface area contributed by atoms with E-state index in [4.69, 9.17) is 0 Å². The monoisotopic (exact) mass is 299 g/mol. The van der Waals surface area contributed by atoms with Crippen molar-refractivity contribution in [2.75, 3.05) is 19.6 Å². The summed E-state index contributed by atoms with van der Waals surface area (Å²) < 4.78 is 0. The Bertz CT molecular complexity index is 546. The molecule has 1 heterocycles. The van der Waals surface area contributed by atoms with Gasteiger partial charge in [-0.3, -0.25) is 9.69 Å². The number of carbonyl (C=O) groups is 1. The Kier molecular flexibility index (Phi) is 4.87. The van der Waals surface area contributed by atoms with E-state index < -0.39 is 5.41 Å². The average Bonchev–Trinajstić information content (AvgIpc) is 2.47. The molecule has 1 saturated heterocycles. The van der Waals surface area contributed by atoms with Crippen molar-refractivity contribution in [2.24, 2.45) is 0 Å². The maximum absolute atomic E-state index is 12.0. The number of nitrogens with one attached hydrogen (secondary N) is 1. The van der Waals surface area contributed by atoms with E-state index in [0.717, 1.165) is 31.5 Å². The second-order valence-electron chi connectivity index (χ2n) is 7.13. The van der Waals surface area contributed by atoms with Gasteiger partial charge in [0.25, 0.3) is 0 Å². The lowest BCUT2D eigenvalue weighted by molar-refractivity contribution is -0.124. The highest BCUT2D eigenvalue weighted by Gasteiger charge is 2.36. The second kappa shape index (κ2) is 6.50. The summed E-state index contributed by atoms with van der Waals surface area (Å²) in [5.74, 6) is 0.0525. The Hall–Kier alpha value is -1.86. The third-order valence-corrected chi connectivity index (χ3v) is 4.13. The first kappa shape index (κ1) is 16.5. The van der Waals surface area contributed by atoms with Crippen molar-refractivity contribution in [3.8, 4) is 6.07 Å². The molecule has 1 aromatic rings. The van der Waals surface area contributed by atoms with Gasteiger partial charge in [0.1, 0.15) is 0 Å². The van der Waals surface area contributed by atoms with Crippen molar-refractivity contribution in [3.63, 3.8) is 0 Å². The van der Waals surface area contributed by atoms with Gasteiger partial charge in [-0.1, -0.05) is 30.3 Å². The number of hydrogen-bond acceptors (Lipinski definition) is 3. The number of carbonyl (C=O) groups excluding carboxylic acids is 1. The molecule has 0 aliphatic carbocycles. The Labute approximate surface area is 133 Å². The van der Waals surface area contributed by atoms with Crippen molar-refractivity contribution in [1.82, 2.24) is 10.2 Å². The summed E-state index contributed by atoms with van der Waals surface area (Å²) in [4.78, 5) is 14.1. The van der Waals surface area contributed by atoms with Crippen molar-refractivity contribution >= 4 is 5.91 Å². The average molecular weight is 299 g/mol. The number of likely N-dealkylation sites (tertiary alicyclic amines) is 1. The molecule has 0 radical (unpaired) electrons. The quantitative estimate of drug-likeness (QED) is 0.933. The molecule has 1 fully saturated rings. The molecule has 0 unspecified atom stereocenters. The maximum Gasteiger partial charge on any atom is 0.234 e. The van der Waals surface area contributed by atoms with Gasteiger partial charge < -0.3 is 5.32 Å². The molecule has 2 rings (SSSR count). The SMILES string of the molecule is CC(C)(C)NC(=O)CN1CCC(C#N)(c2ccccc2)CC1. The van der Waals surface area contributed by atoms with Gasteiger partial charge in [-0.25, -0.2) is 0 Å². The molecule has 4 nitrogen and oxygen atoms in total. The van der Waals surface area contributed by atoms with E-state index >= 15 is 0 Å². The van der Waals surface area contributed by atoms with E-state index in [2.05, 4.69) is 16.3 Å². The van der Waals surface area contributed by atoms with Crippen LogP contribution < -0.4 is 5.32 Å². The number of rotatable bonds is 3. The van der Waals surface area contributed by atoms with Crippen LogP contribution in [0.25, 0.3) is 0 Å². The highest BCUT2D eigenvalue weighted by Crippen LogP contribution is 2.34. The molecule has 1 aliphatic rings. The fraction of sp³-hybridized carbons (Fsp3) is 0.556. The van der Waals surface area contributed by atoms with Crippen molar-refractivity contribution in [3.05, 3.63) is 35.9 Å². The standard InChI is InChI=1S/C18H25N3O/c1-17(2,3)20-16(22)13-21-11-9-18(14-19,10-12-21)15-7-5-4-6-8-15/h4-8H,9-13H2,1-3H3,(H,20,22). The maximum atomic E-state index is 12.0. The molecule has 4 heteroatoms. The minimum Gasteiger partial charge on any atom is -0.350 e. The van der Waals surface area contributed by atoms with Gasteiger partial charge in [0.05, 0.1) is 18.0 Å². The largest absolute Gasteiger partial charge is 0.350 e. The smallest absolute Gasteiger partial charge is 0.234 e. The molecular formula is C18H25N3O. The predicted molar refractivity (Wildman–Crippen MR) is 87.3 cm³/mol. The molecule has 22 heavy (non-hydrogen) atoms. The summed E-state index contributed by atoms with van der Waals surface area (Å²) >= 11 is 0. The van der Waals surface area contributed by atoms with Crippen LogP contribution in [0.4, 0.5) is 0 Å². The van der Waals surface area contributed by atoms with Crippen LogP contribution in [0.5, 0.6) is 0 Å². The topological polar surface area (TPSA) is 56.1 Å². The number of nitrogens with zero attached hydrogens (tertiary/aromatic N) is 2. The third-order valence-electron chi connectivity index (χ3n) is 4.13. The summed E-state index contributed by atoms with van der Waals surface area (Å²) in [5, 5.41) is 12.7. The molecule has 118 valence electrons. The van der Waals surface area contributed by atoms with Gasteiger partial charge in [0, 0.05) is 18.6 Å². The van der Waals surface area contributed by atoms with Gasteiger partial charge in [-0.15, -0.1) is 0 Å². The van der Waals surface area contributed by atoms with Gasteiger partial charge in [0.2, 0.25) is 5.91 Å². The van der Waals surface area contributed by atoms with Crippen molar-refractivity contribution in [1.29, 1.82) is 5.26 Å². The molecule has 0 bridgehead atoms. The van der Waals surface area contributed by atoms with E-state index in [9.17, 15) is 10.1 Å². The molecular weight excluding hydrogens is 274 g/mol. The highest BCUT2D eigenvalue weighted by atomic mass is 16.2. The predicted octanol–water partition coefficient (Wildman–Crippen LogP) is 2.46. The van der Waals surface area contributed by atoms with Gasteiger partial charge in [0.15, 0.2) is 0 Å². The van der Waals surface area contributed by atoms with Crippen LogP contribution in [0.15, 0.2) is 30.3 Å². The third kappa shape index (κ3) is 4.08. The molecule has 1 aromatic carbocycles. The number of hydrogen-bond donors (Lipinski definition) is 1. The molecule has 0 saturated carbocycles. The summed E-state index contributed by atoms with van der Waals surface area (Å²) in [5.41, 5.74) is 0.488. The van der Waals surface area contributed by atoms with E-state index in [1.54, 1.807) is 0 Å². The van der Waals surface area contributed by atoms with E-state index in [1.807, 2.05) is 51.1 Å². The Morgan fingerprint density at radius 3 is 2.36 bits per heavy atom. The zero-order chi connectivity index (χ0) is 16.2. The lowest BCUT2D eigenvalue weighted by Crippen LogP contribution is -2.49. The van der Waals surface area contributed by atoms with Crippen LogP contribution in [0, 0.1) is 11.3 Å². The summed E-state index contributed by atoms with van der Waals surface area (Å²) in [6.07, 6.45) is 1.55. The van der Waals surface area contributed by atoms with Crippen LogP contribution in [0.1, 0.15) is 39.2 Å². The molecule has 0 atom stereocenters. The zero-order valence-electron chi connectivity index (χ0n) is 13.7. The van der Waals surface area contributed by atoms with Gasteiger partial charge in [-0.05, 0) is 39.2 Å². The first-order valence-electron chi connectivity index (χ1n) is 7.85. The van der Waals surface area contributed by atoms with Crippen molar-refractivity contribution in [2.45, 2.75) is 44.6 Å². The molecule has 0 aromatic heterocycles. The number of piperidine rings is 1.